The molecular weight excluding hydrogens is 846 g/mol. The normalized spacial score (nSPS) is 12.3. The number of nitrogens with one attached hydrogen (secondary N) is 6. The minimum atomic E-state index is -5.08. The predicted octanol–water partition coefficient (Wildman–Crippen LogP) is 2.98. The molecule has 3 rings (SSSR count). The van der Waals surface area contributed by atoms with Gasteiger partial charge in [0.05, 0.1) is 0 Å². The maximum atomic E-state index is 13.6. The zero-order valence-electron chi connectivity index (χ0n) is 33.1. The van der Waals surface area contributed by atoms with E-state index in [9.17, 15) is 50.3 Å². The fourth-order valence-corrected chi connectivity index (χ4v) is 4.77. The van der Waals surface area contributed by atoms with Gasteiger partial charge in [0.2, 0.25) is 17.7 Å². The first-order chi connectivity index (χ1) is 28.8. The number of aryl methyl sites for hydroxylation is 1. The Hall–Kier alpha value is -6.92. The van der Waals surface area contributed by atoms with E-state index in [1.807, 2.05) is 18.2 Å². The molecule has 3 aromatic rings. The Kier molecular flexibility index (Phi) is 22.0. The van der Waals surface area contributed by atoms with Gasteiger partial charge in [-0.2, -0.15) is 26.3 Å². The van der Waals surface area contributed by atoms with Crippen molar-refractivity contribution in [2.75, 3.05) is 18.4 Å². The molecule has 0 aliphatic carbocycles. The number of carboxylic acids is 2. The maximum absolute atomic E-state index is 13.6. The zero-order chi connectivity index (χ0) is 47.2. The molecule has 0 spiro atoms. The molecule has 0 saturated carbocycles. The molecule has 0 radical (unpaired) electrons. The molecule has 0 aliphatic heterocycles. The Morgan fingerprint density at radius 2 is 1.35 bits per heavy atom. The van der Waals surface area contributed by atoms with Crippen LogP contribution in [0.1, 0.15) is 50.2 Å². The Balaban J connectivity index is 0.00000117. The number of aliphatic carboxylic acids is 2. The number of halogens is 6. The number of benzene rings is 2. The summed E-state index contributed by atoms with van der Waals surface area (Å²) in [6.45, 7) is 3.90. The molecule has 0 saturated heterocycles. The first-order valence-electron chi connectivity index (χ1n) is 18.2. The van der Waals surface area contributed by atoms with Gasteiger partial charge < -0.3 is 57.4 Å². The quantitative estimate of drug-likeness (QED) is 0.0306. The Morgan fingerprint density at radius 3 is 1.90 bits per heavy atom. The summed E-state index contributed by atoms with van der Waals surface area (Å²) in [6, 6.07) is 12.2. The highest BCUT2D eigenvalue weighted by atomic mass is 19.4. The number of carboxylic acid groups (broad SMARTS) is 2. The van der Waals surface area contributed by atoms with Crippen LogP contribution in [0.15, 0.2) is 63.8 Å². The SMILES string of the molecule is Cc1cc(=O)oc2cc(NC(=O)[C@H](CCCNC(=N)N)NC(=O)[C@H](CCCCN)NC(=O)[C@H](C)NC(=O)OCc3ccccc3)ccc12.O=C(O)C(F)(F)F.O=C(O)C(F)(F)F. The molecule has 0 unspecified atom stereocenters. The van der Waals surface area contributed by atoms with E-state index >= 15 is 0 Å². The lowest BCUT2D eigenvalue weighted by Gasteiger charge is -2.24. The summed E-state index contributed by atoms with van der Waals surface area (Å²) in [7, 11) is 0. The third-order valence-corrected chi connectivity index (χ3v) is 7.84. The van der Waals surface area contributed by atoms with Crippen LogP contribution in [0.4, 0.5) is 36.8 Å². The number of carbonyl (C=O) groups is 6. The van der Waals surface area contributed by atoms with Crippen LogP contribution >= 0.6 is 0 Å². The first kappa shape index (κ1) is 53.1. The molecule has 0 fully saturated rings. The number of anilines is 1. The summed E-state index contributed by atoms with van der Waals surface area (Å²) >= 11 is 0. The van der Waals surface area contributed by atoms with Gasteiger partial charge in [-0.05, 0) is 75.8 Å². The van der Waals surface area contributed by atoms with E-state index in [0.717, 1.165) is 11.1 Å². The highest BCUT2D eigenvalue weighted by Gasteiger charge is 2.39. The van der Waals surface area contributed by atoms with Crippen molar-refractivity contribution in [3.63, 3.8) is 0 Å². The molecule has 19 nitrogen and oxygen atoms in total. The fourth-order valence-electron chi connectivity index (χ4n) is 4.77. The largest absolute Gasteiger partial charge is 0.490 e. The molecule has 0 aliphatic rings. The van der Waals surface area contributed by atoms with Gasteiger partial charge in [0.15, 0.2) is 5.96 Å². The van der Waals surface area contributed by atoms with Crippen LogP contribution in [0.5, 0.6) is 0 Å². The van der Waals surface area contributed by atoms with Gasteiger partial charge in [-0.1, -0.05) is 30.3 Å². The van der Waals surface area contributed by atoms with Gasteiger partial charge in [-0.3, -0.25) is 19.8 Å². The number of rotatable bonds is 17. The lowest BCUT2D eigenvalue weighted by molar-refractivity contribution is -0.193. The number of alkyl halides is 6. The Morgan fingerprint density at radius 1 is 0.806 bits per heavy atom. The topological polar surface area (TPSA) is 318 Å². The average molecular weight is 893 g/mol. The summed E-state index contributed by atoms with van der Waals surface area (Å²) in [4.78, 5) is 82.1. The van der Waals surface area contributed by atoms with Crippen molar-refractivity contribution in [2.24, 2.45) is 11.5 Å². The van der Waals surface area contributed by atoms with Gasteiger partial charge in [-0.15, -0.1) is 0 Å². The van der Waals surface area contributed by atoms with Crippen LogP contribution < -0.4 is 43.7 Å². The lowest BCUT2D eigenvalue weighted by atomic mass is 10.1. The lowest BCUT2D eigenvalue weighted by Crippen LogP contribution is -2.55. The van der Waals surface area contributed by atoms with Gasteiger partial charge >= 0.3 is 36.0 Å². The van der Waals surface area contributed by atoms with Gasteiger partial charge in [0, 0.05) is 29.8 Å². The number of ether oxygens (including phenoxy) is 1. The fraction of sp³-hybridized carbons (Fsp3) is 0.405. The highest BCUT2D eigenvalue weighted by Crippen LogP contribution is 2.21. The van der Waals surface area contributed by atoms with Crippen LogP contribution in [0.2, 0.25) is 0 Å². The molecule has 4 amide bonds. The van der Waals surface area contributed by atoms with Crippen LogP contribution in [-0.2, 0) is 35.3 Å². The van der Waals surface area contributed by atoms with Crippen molar-refractivity contribution in [2.45, 2.75) is 83.0 Å². The number of unbranched alkanes of at least 4 members (excludes halogenated alkanes) is 1. The van der Waals surface area contributed by atoms with Crippen molar-refractivity contribution >= 4 is 58.4 Å². The molecule has 25 heteroatoms. The van der Waals surface area contributed by atoms with Crippen molar-refractivity contribution in [1.82, 2.24) is 21.3 Å². The standard InChI is InChI=1S/C33H44N8O7.2C2HF3O2/c1-20-17-28(42)48-27-18-23(13-14-24(20)27)39-30(44)26(12-8-16-37-32(35)36)41-31(45)25(11-6-7-15-34)40-29(43)21(2)38-33(46)47-19-22-9-4-3-5-10-22;2*3-2(4,5)1(6)7/h3-5,9-10,13-14,17-18,21,25-26H,6-8,11-12,15-16,19,34H2,1-2H3,(H,38,46)(H,39,44)(H,40,43)(H,41,45)(H4,35,36,37);2*(H,6,7)/t21-,25-,26-;;/m0../s1. The van der Waals surface area contributed by atoms with Gasteiger partial charge in [-0.25, -0.2) is 19.2 Å². The van der Waals surface area contributed by atoms with E-state index in [1.165, 1.54) is 19.1 Å². The summed E-state index contributed by atoms with van der Waals surface area (Å²) in [5.41, 5.74) is 12.6. The third-order valence-electron chi connectivity index (χ3n) is 7.84. The van der Waals surface area contributed by atoms with E-state index in [-0.39, 0.29) is 32.0 Å². The summed E-state index contributed by atoms with van der Waals surface area (Å²) < 4.78 is 73.9. The second kappa shape index (κ2) is 25.6. The predicted molar refractivity (Wildman–Crippen MR) is 208 cm³/mol. The van der Waals surface area contributed by atoms with Crippen molar-refractivity contribution < 1.29 is 74.5 Å². The molecule has 0 bridgehead atoms. The van der Waals surface area contributed by atoms with E-state index in [0.29, 0.717) is 42.5 Å². The molecule has 1 heterocycles. The van der Waals surface area contributed by atoms with E-state index in [2.05, 4.69) is 26.6 Å². The zero-order valence-corrected chi connectivity index (χ0v) is 33.1. The summed E-state index contributed by atoms with van der Waals surface area (Å²) in [6.07, 6.45) is -9.11. The van der Waals surface area contributed by atoms with Crippen molar-refractivity contribution in [3.8, 4) is 0 Å². The van der Waals surface area contributed by atoms with E-state index in [1.54, 1.807) is 31.2 Å². The summed E-state index contributed by atoms with van der Waals surface area (Å²) in [5.74, 6) is -7.54. The first-order valence-corrected chi connectivity index (χ1v) is 18.2. The number of carbonyl (C=O) groups excluding carboxylic acids is 4. The number of nitrogens with two attached hydrogens (primary N) is 2. The number of alkyl carbamates (subject to hydrolysis) is 1. The third kappa shape index (κ3) is 20.9. The number of guanidine groups is 1. The van der Waals surface area contributed by atoms with Crippen LogP contribution in [0.25, 0.3) is 11.0 Å². The van der Waals surface area contributed by atoms with E-state index in [4.69, 9.17) is 45.8 Å². The minimum Gasteiger partial charge on any atom is -0.475 e. The smallest absolute Gasteiger partial charge is 0.475 e. The number of amides is 4. The number of hydrogen-bond acceptors (Lipinski definition) is 11. The second-order valence-corrected chi connectivity index (χ2v) is 12.9. The van der Waals surface area contributed by atoms with Crippen molar-refractivity contribution in [1.29, 1.82) is 5.41 Å². The molecule has 342 valence electrons. The minimum absolute atomic E-state index is 0.0177. The summed E-state index contributed by atoms with van der Waals surface area (Å²) in [5, 5.41) is 35.6. The number of fused-ring (bicyclic) bond motifs is 1. The van der Waals surface area contributed by atoms with Crippen LogP contribution in [0, 0.1) is 12.3 Å². The Bertz CT molecular complexity index is 2030. The molecule has 3 atom stereocenters. The highest BCUT2D eigenvalue weighted by molar-refractivity contribution is 6.00. The molecular formula is C37H46F6N8O11. The van der Waals surface area contributed by atoms with Crippen LogP contribution in [-0.4, -0.2) is 95.5 Å². The number of hydrogen-bond donors (Lipinski definition) is 10. The molecule has 2 aromatic carbocycles. The monoisotopic (exact) mass is 892 g/mol. The van der Waals surface area contributed by atoms with Crippen LogP contribution in [0.3, 0.4) is 0 Å². The molecule has 62 heavy (non-hydrogen) atoms. The Labute approximate surface area is 348 Å². The van der Waals surface area contributed by atoms with Gasteiger partial charge in [0.25, 0.3) is 0 Å². The van der Waals surface area contributed by atoms with Crippen molar-refractivity contribution in [3.05, 3.63) is 76.1 Å². The second-order valence-electron chi connectivity index (χ2n) is 12.9. The maximum Gasteiger partial charge on any atom is 0.490 e. The molecule has 1 aromatic heterocycles. The van der Waals surface area contributed by atoms with E-state index < -0.39 is 71.9 Å². The average Bonchev–Trinajstić information content (AvgIpc) is 3.17. The van der Waals surface area contributed by atoms with Gasteiger partial charge in [0.1, 0.15) is 30.3 Å². The molecule has 12 N–H and O–H groups in total.